The predicted molar refractivity (Wildman–Crippen MR) is 420 cm³/mol. The Labute approximate surface area is 665 Å². The minimum Gasteiger partial charge on any atom is -0.870 e. The molecule has 0 saturated carbocycles. The number of hydrogen-bond donors (Lipinski definition) is 5. The fraction of sp³-hybridized carbons (Fsp3) is 0.173. The number of carbonyl (C=O) groups excluding carboxylic acids is 6. The zero-order chi connectivity index (χ0) is 78.5. The Morgan fingerprint density at radius 2 is 0.712 bits per heavy atom. The number of aromatic carboxylic acids is 1. The molecule has 0 aliphatic heterocycles. The van der Waals surface area contributed by atoms with E-state index in [9.17, 15) is 33.6 Å². The Hall–Kier alpha value is -12.3. The van der Waals surface area contributed by atoms with Gasteiger partial charge < -0.3 is 41.5 Å². The van der Waals surface area contributed by atoms with Gasteiger partial charge in [-0.25, -0.2) is 4.79 Å². The number of nitrogens with zero attached hydrogens (tertiary/aromatic N) is 10. The summed E-state index contributed by atoms with van der Waals surface area (Å²) < 4.78 is 14.8. The number of aliphatic carboxylic acids is 1. The number of halogens is 3. The topological polar surface area (TPSA) is 381 Å². The summed E-state index contributed by atoms with van der Waals surface area (Å²) >= 11 is 14.0. The van der Waals surface area contributed by atoms with E-state index in [1.807, 2.05) is 189 Å². The molecule has 0 aliphatic rings. The summed E-state index contributed by atoms with van der Waals surface area (Å²) in [5, 5.41) is 39.4. The first kappa shape index (κ1) is 87.6. The van der Waals surface area contributed by atoms with Crippen molar-refractivity contribution >= 4 is 130 Å². The summed E-state index contributed by atoms with van der Waals surface area (Å²) in [6, 6.07) is 59.9. The first-order valence-electron chi connectivity index (χ1n) is 33.8. The summed E-state index contributed by atoms with van der Waals surface area (Å²) in [5.74, 6) is -2.80. The monoisotopic (exact) mass is 1550 g/mol. The number of carboxylic acid groups (broad SMARTS) is 2. The summed E-state index contributed by atoms with van der Waals surface area (Å²) in [4.78, 5) is 105. The third-order valence-electron chi connectivity index (χ3n) is 15.8. The van der Waals surface area contributed by atoms with Crippen molar-refractivity contribution in [3.63, 3.8) is 0 Å². The first-order chi connectivity index (χ1) is 52.3. The molecule has 0 atom stereocenters. The number of anilines is 3. The number of para-hydroxylation sites is 3. The van der Waals surface area contributed by atoms with Crippen LogP contribution < -0.4 is 35.2 Å². The van der Waals surface area contributed by atoms with Crippen molar-refractivity contribution in [1.29, 1.82) is 0 Å². The van der Waals surface area contributed by atoms with E-state index in [4.69, 9.17) is 41.8 Å². The quantitative estimate of drug-likeness (QED) is 0.0205. The normalized spacial score (nSPS) is 10.2. The Morgan fingerprint density at radius 3 is 1.00 bits per heavy atom. The minimum atomic E-state index is -0.937. The van der Waals surface area contributed by atoms with E-state index in [-0.39, 0.29) is 72.9 Å². The van der Waals surface area contributed by atoms with Crippen molar-refractivity contribution in [3.8, 4) is 0 Å². The van der Waals surface area contributed by atoms with E-state index in [0.29, 0.717) is 72.3 Å². The molecule has 111 heavy (non-hydrogen) atoms. The van der Waals surface area contributed by atoms with Gasteiger partial charge in [0.15, 0.2) is 0 Å². The number of nitrogens with two attached hydrogens (primary N) is 1. The number of hydrogen-bond acceptors (Lipinski definition) is 19. The van der Waals surface area contributed by atoms with Crippen molar-refractivity contribution in [2.45, 2.75) is 80.4 Å². The van der Waals surface area contributed by atoms with Gasteiger partial charge in [-0.2, -0.15) is 15.3 Å². The molecule has 7 N–H and O–H groups in total. The Kier molecular flexibility index (Phi) is 34.5. The van der Waals surface area contributed by atoms with Gasteiger partial charge in [0.25, 0.3) is 17.1 Å². The number of aromatic nitrogens is 10. The molecule has 6 aromatic carbocycles. The minimum absolute atomic E-state index is 0. The van der Waals surface area contributed by atoms with Crippen LogP contribution >= 0.6 is 34.8 Å². The van der Waals surface area contributed by atoms with E-state index in [2.05, 4.69) is 69.1 Å². The van der Waals surface area contributed by atoms with Crippen LogP contribution in [0.1, 0.15) is 112 Å². The second kappa shape index (κ2) is 43.6. The van der Waals surface area contributed by atoms with E-state index in [0.717, 1.165) is 83.6 Å². The van der Waals surface area contributed by atoms with Crippen LogP contribution in [0.15, 0.2) is 219 Å². The SMILES string of the molecule is CCOC(=O)Cc1nn(Cc2ccc(N)cc2)c2ccccc12.CCOC(=O)Cc1nn(Cc2ccc(NC(=O)c3ccc(C)nc3)cc2)c2ccccc12.Cc1ccc(C(=O)Cl)cn1.Cc1ccc(C(=O)Nc2ccc(Cn3nc(CC(=O)O)c4ccccc43)cc2)cn1.Cc1ccc(C(=O)O)cn1.O=C(Cl)Cl.[Li+].[OH-]. The first-order valence-corrected chi connectivity index (χ1v) is 35.0. The molecule has 566 valence electrons. The fourth-order valence-electron chi connectivity index (χ4n) is 10.5. The fourth-order valence-corrected chi connectivity index (χ4v) is 10.6. The van der Waals surface area contributed by atoms with Crippen LogP contribution in [0.2, 0.25) is 0 Å². The molecule has 7 heterocycles. The molecule has 30 heteroatoms. The maximum atomic E-state index is 12.4. The molecule has 26 nitrogen and oxygen atoms in total. The van der Waals surface area contributed by atoms with Crippen LogP contribution in [0.3, 0.4) is 0 Å². The maximum Gasteiger partial charge on any atom is 1.00 e. The van der Waals surface area contributed by atoms with E-state index >= 15 is 0 Å². The van der Waals surface area contributed by atoms with Gasteiger partial charge in [-0.15, -0.1) is 0 Å². The molecule has 7 aromatic heterocycles. The smallest absolute Gasteiger partial charge is 0.870 e. The van der Waals surface area contributed by atoms with Crippen LogP contribution in [0.25, 0.3) is 32.7 Å². The number of carbonyl (C=O) groups is 8. The van der Waals surface area contributed by atoms with Crippen molar-refractivity contribution in [3.05, 3.63) is 298 Å². The molecule has 0 fully saturated rings. The van der Waals surface area contributed by atoms with E-state index in [1.165, 1.54) is 18.5 Å². The standard InChI is InChI=1S/C25H24N4O3.C23H20N4O3.C18H19N3O2.C7H6ClNO.C7H7NO2.CCl2O.Li.H2O/c1-3-32-24(30)14-22-21-6-4-5-7-23(21)29(28-22)16-18-9-12-20(13-10-18)27-25(31)19-11-8-17(2)26-15-19;1-15-6-9-17(13-24-15)23(30)25-18-10-7-16(8-11-18)14-27-21-5-3-2-4-19(21)20(26-27)12-22(28)29;1-2-23-18(22)11-16-15-5-3-4-6-17(15)21(20-16)12-13-7-9-14(19)10-8-13;1-5-2-3-6(4-9-5)7(8)10;1-5-2-3-6(4-8-5)7(9)10;2-1(3)4;;/h4-13,15H,3,14,16H2,1-2H3,(H,27,31);2-11,13H,12,14H2,1H3,(H,25,30)(H,28,29);3-10H,2,11-12,19H2,1H3;2-4H,1H3;2-4H,1H3,(H,9,10);;;1H2/q;;;;;;+1;/p-1. The molecule has 2 amide bonds. The number of fused-ring (bicyclic) bond motifs is 3. The van der Waals surface area contributed by atoms with Crippen LogP contribution in [-0.4, -0.2) is 124 Å². The Bertz CT molecular complexity index is 5220. The number of ether oxygens (including phenoxy) is 2. The molecule has 0 aliphatic carbocycles. The molecular formula is C81H77Cl3LiN13O13. The number of esters is 2. The van der Waals surface area contributed by atoms with Crippen LogP contribution in [0, 0.1) is 27.7 Å². The van der Waals surface area contributed by atoms with Crippen LogP contribution in [0.4, 0.5) is 21.9 Å². The summed E-state index contributed by atoms with van der Waals surface area (Å²) in [5.41, 5.74) is 20.9. The van der Waals surface area contributed by atoms with Crippen molar-refractivity contribution in [1.82, 2.24) is 49.3 Å². The second-order valence-corrected chi connectivity index (χ2v) is 25.2. The third-order valence-corrected chi connectivity index (χ3v) is 16.0. The molecule has 0 spiro atoms. The molecule has 13 aromatic rings. The van der Waals surface area contributed by atoms with Crippen LogP contribution in [-0.2, 0) is 62.8 Å². The zero-order valence-corrected chi connectivity index (χ0v) is 63.8. The largest absolute Gasteiger partial charge is 1.00 e. The van der Waals surface area contributed by atoms with Gasteiger partial charge in [-0.05, 0) is 196 Å². The third kappa shape index (κ3) is 27.4. The number of amides is 2. The summed E-state index contributed by atoms with van der Waals surface area (Å²) in [6.07, 6.45) is 6.13. The number of nitrogen functional groups attached to an aromatic ring is 1. The summed E-state index contributed by atoms with van der Waals surface area (Å²) in [7, 11) is 0. The number of aryl methyl sites for hydroxylation is 4. The van der Waals surface area contributed by atoms with Gasteiger partial charge in [-0.1, -0.05) is 91.0 Å². The van der Waals surface area contributed by atoms with Gasteiger partial charge >= 0.3 is 47.4 Å². The van der Waals surface area contributed by atoms with Crippen molar-refractivity contribution in [2.24, 2.45) is 0 Å². The molecule has 0 unspecified atom stereocenters. The van der Waals surface area contributed by atoms with Gasteiger partial charge in [0.1, 0.15) is 0 Å². The van der Waals surface area contributed by atoms with E-state index in [1.54, 1.807) is 67.3 Å². The van der Waals surface area contributed by atoms with Crippen molar-refractivity contribution in [2.75, 3.05) is 29.6 Å². The Morgan fingerprint density at radius 1 is 0.414 bits per heavy atom. The van der Waals surface area contributed by atoms with Crippen molar-refractivity contribution < 1.29 is 82.4 Å². The summed E-state index contributed by atoms with van der Waals surface area (Å²) in [6.45, 7) is 13.4. The van der Waals surface area contributed by atoms with Crippen LogP contribution in [0.5, 0.6) is 0 Å². The van der Waals surface area contributed by atoms with Gasteiger partial charge in [0.05, 0.1) is 108 Å². The predicted octanol–water partition coefficient (Wildman–Crippen LogP) is 11.9. The average molecular weight is 1550 g/mol. The molecule has 13 rings (SSSR count). The van der Waals surface area contributed by atoms with Gasteiger partial charge in [0, 0.05) is 80.8 Å². The molecule has 0 saturated heterocycles. The van der Waals surface area contributed by atoms with E-state index < -0.39 is 21.9 Å². The number of nitrogens with one attached hydrogen (secondary N) is 2. The molecule has 0 bridgehead atoms. The zero-order valence-electron chi connectivity index (χ0n) is 61.5. The van der Waals surface area contributed by atoms with Gasteiger partial charge in [0.2, 0.25) is 0 Å². The second-order valence-electron chi connectivity index (χ2n) is 24.0. The molecule has 0 radical (unpaired) electrons. The maximum absolute atomic E-state index is 12.4. The Balaban J connectivity index is 0.000000225. The average Bonchev–Trinajstić information content (AvgIpc) is 1.66. The number of rotatable bonds is 20. The number of pyridine rings is 4. The number of carboxylic acids is 2. The van der Waals surface area contributed by atoms with Gasteiger partial charge in [-0.3, -0.25) is 67.5 Å². The number of benzene rings is 6. The molecular weight excluding hydrogens is 1480 g/mol.